The van der Waals surface area contributed by atoms with Crippen molar-refractivity contribution in [2.75, 3.05) is 24.7 Å². The molecule has 0 atom stereocenters. The zero-order chi connectivity index (χ0) is 11.8. The van der Waals surface area contributed by atoms with Crippen LogP contribution in [-0.4, -0.2) is 24.0 Å². The number of rotatable bonds is 7. The number of pyridine rings is 1. The highest BCUT2D eigenvalue weighted by atomic mass is 32.2. The smallest absolute Gasteiger partial charge is 0.123 e. The molecule has 90 valence electrons. The zero-order valence-electron chi connectivity index (χ0n) is 9.98. The predicted molar refractivity (Wildman–Crippen MR) is 69.6 cm³/mol. The van der Waals surface area contributed by atoms with Crippen LogP contribution in [0.3, 0.4) is 0 Å². The third kappa shape index (κ3) is 5.98. The van der Waals surface area contributed by atoms with Crippen molar-refractivity contribution in [3.63, 3.8) is 0 Å². The molecule has 0 saturated carbocycles. The molecule has 0 spiro atoms. The molecule has 4 heteroatoms. The van der Waals surface area contributed by atoms with E-state index < -0.39 is 0 Å². The number of thioether (sulfide) groups is 1. The van der Waals surface area contributed by atoms with Gasteiger partial charge in [-0.1, -0.05) is 13.8 Å². The summed E-state index contributed by atoms with van der Waals surface area (Å²) in [4.78, 5) is 5.17. The quantitative estimate of drug-likeness (QED) is 0.588. The van der Waals surface area contributed by atoms with Gasteiger partial charge in [0.1, 0.15) is 5.82 Å². The maximum absolute atomic E-state index is 5.52. The van der Waals surface area contributed by atoms with Crippen molar-refractivity contribution in [1.82, 2.24) is 4.98 Å². The van der Waals surface area contributed by atoms with Gasteiger partial charge in [-0.15, -0.1) is 11.8 Å². The highest BCUT2D eigenvalue weighted by Gasteiger charge is 1.96. The minimum absolute atomic E-state index is 0.567. The molecule has 0 aliphatic carbocycles. The Balaban J connectivity index is 2.05. The first-order valence-electron chi connectivity index (χ1n) is 5.60. The average Bonchev–Trinajstić information content (AvgIpc) is 2.25. The molecule has 0 bridgehead atoms. The average molecular weight is 240 g/mol. The first-order valence-corrected chi connectivity index (χ1v) is 6.59. The molecule has 0 unspecified atom stereocenters. The Labute approximate surface area is 102 Å². The molecule has 0 saturated heterocycles. The van der Waals surface area contributed by atoms with Crippen molar-refractivity contribution < 1.29 is 4.74 Å². The van der Waals surface area contributed by atoms with E-state index in [1.54, 1.807) is 18.0 Å². The lowest BCUT2D eigenvalue weighted by Gasteiger charge is -2.06. The highest BCUT2D eigenvalue weighted by molar-refractivity contribution is 7.99. The molecule has 1 aromatic rings. The second kappa shape index (κ2) is 7.52. The van der Waals surface area contributed by atoms with Crippen LogP contribution in [0.15, 0.2) is 23.2 Å². The molecule has 0 aromatic carbocycles. The summed E-state index contributed by atoms with van der Waals surface area (Å²) in [5, 5.41) is 0. The summed E-state index contributed by atoms with van der Waals surface area (Å²) in [6.07, 6.45) is 2.93. The predicted octanol–water partition coefficient (Wildman–Crippen LogP) is 2.82. The fourth-order valence-corrected chi connectivity index (χ4v) is 1.85. The Hall–Kier alpha value is -0.740. The molecule has 0 fully saturated rings. The number of hydrogen-bond donors (Lipinski definition) is 1. The summed E-state index contributed by atoms with van der Waals surface area (Å²) in [6.45, 7) is 6.07. The second-order valence-electron chi connectivity index (χ2n) is 4.06. The summed E-state index contributed by atoms with van der Waals surface area (Å²) >= 11 is 1.74. The van der Waals surface area contributed by atoms with Crippen LogP contribution in [0.5, 0.6) is 0 Å². The molecule has 3 nitrogen and oxygen atoms in total. The van der Waals surface area contributed by atoms with Crippen LogP contribution in [0, 0.1) is 5.92 Å². The third-order valence-corrected chi connectivity index (χ3v) is 3.04. The van der Waals surface area contributed by atoms with Crippen molar-refractivity contribution in [2.45, 2.75) is 25.2 Å². The molecule has 0 aliphatic heterocycles. The summed E-state index contributed by atoms with van der Waals surface area (Å²) in [6, 6.07) is 3.81. The van der Waals surface area contributed by atoms with Crippen LogP contribution in [0.1, 0.15) is 20.3 Å². The maximum Gasteiger partial charge on any atom is 0.123 e. The molecule has 0 radical (unpaired) electrons. The lowest BCUT2D eigenvalue weighted by atomic mass is 10.1. The molecule has 1 aromatic heterocycles. The lowest BCUT2D eigenvalue weighted by molar-refractivity contribution is 0.138. The van der Waals surface area contributed by atoms with Crippen LogP contribution in [0.2, 0.25) is 0 Å². The number of ether oxygens (including phenoxy) is 1. The minimum atomic E-state index is 0.567. The number of anilines is 1. The third-order valence-electron chi connectivity index (χ3n) is 2.10. The number of aromatic nitrogens is 1. The van der Waals surface area contributed by atoms with E-state index in [1.165, 1.54) is 0 Å². The van der Waals surface area contributed by atoms with Gasteiger partial charge >= 0.3 is 0 Å². The standard InChI is InChI=1S/C12H20N2OS/c1-10(2)5-6-15-7-8-16-11-3-4-12(13)14-9-11/h3-4,9-10H,5-8H2,1-2H3,(H2,13,14). The summed E-state index contributed by atoms with van der Waals surface area (Å²) in [5.74, 6) is 2.25. The Bertz CT molecular complexity index is 288. The molecule has 0 aliphatic rings. The number of nitrogen functional groups attached to an aromatic ring is 1. The van der Waals surface area contributed by atoms with Crippen molar-refractivity contribution >= 4 is 17.6 Å². The number of hydrogen-bond acceptors (Lipinski definition) is 4. The fraction of sp³-hybridized carbons (Fsp3) is 0.583. The van der Waals surface area contributed by atoms with Crippen molar-refractivity contribution in [1.29, 1.82) is 0 Å². The van der Waals surface area contributed by atoms with Crippen LogP contribution >= 0.6 is 11.8 Å². The monoisotopic (exact) mass is 240 g/mol. The van der Waals surface area contributed by atoms with Gasteiger partial charge in [-0.3, -0.25) is 0 Å². The number of nitrogens with zero attached hydrogens (tertiary/aromatic N) is 1. The van der Waals surface area contributed by atoms with E-state index in [9.17, 15) is 0 Å². The first kappa shape index (κ1) is 13.3. The van der Waals surface area contributed by atoms with Gasteiger partial charge in [0.2, 0.25) is 0 Å². The van der Waals surface area contributed by atoms with E-state index in [1.807, 2.05) is 12.1 Å². The van der Waals surface area contributed by atoms with E-state index in [0.717, 1.165) is 30.3 Å². The van der Waals surface area contributed by atoms with E-state index in [2.05, 4.69) is 18.8 Å². The normalized spacial score (nSPS) is 10.9. The fourth-order valence-electron chi connectivity index (χ4n) is 1.12. The molecule has 1 heterocycles. The van der Waals surface area contributed by atoms with E-state index in [-0.39, 0.29) is 0 Å². The SMILES string of the molecule is CC(C)CCOCCSc1ccc(N)nc1. The Morgan fingerprint density at radius 1 is 1.38 bits per heavy atom. The van der Waals surface area contributed by atoms with Gasteiger partial charge in [-0.05, 0) is 24.5 Å². The van der Waals surface area contributed by atoms with Gasteiger partial charge in [0, 0.05) is 23.5 Å². The van der Waals surface area contributed by atoms with Crippen molar-refractivity contribution in [3.8, 4) is 0 Å². The Morgan fingerprint density at radius 3 is 2.81 bits per heavy atom. The van der Waals surface area contributed by atoms with Gasteiger partial charge in [-0.25, -0.2) is 4.98 Å². The largest absolute Gasteiger partial charge is 0.384 e. The lowest BCUT2D eigenvalue weighted by Crippen LogP contribution is -2.02. The molecule has 16 heavy (non-hydrogen) atoms. The van der Waals surface area contributed by atoms with Crippen LogP contribution in [0.4, 0.5) is 5.82 Å². The van der Waals surface area contributed by atoms with Crippen LogP contribution in [-0.2, 0) is 4.74 Å². The highest BCUT2D eigenvalue weighted by Crippen LogP contribution is 2.16. The molecule has 0 amide bonds. The molecule has 1 rings (SSSR count). The second-order valence-corrected chi connectivity index (χ2v) is 5.23. The molecular formula is C12H20N2OS. The minimum Gasteiger partial charge on any atom is -0.384 e. The van der Waals surface area contributed by atoms with Crippen molar-refractivity contribution in [3.05, 3.63) is 18.3 Å². The summed E-state index contributed by atoms with van der Waals surface area (Å²) < 4.78 is 5.52. The van der Waals surface area contributed by atoms with Crippen LogP contribution in [0.25, 0.3) is 0 Å². The zero-order valence-corrected chi connectivity index (χ0v) is 10.8. The Kier molecular flexibility index (Phi) is 6.26. The van der Waals surface area contributed by atoms with Gasteiger partial charge in [0.05, 0.1) is 6.61 Å². The molecule has 2 N–H and O–H groups in total. The summed E-state index contributed by atoms with van der Waals surface area (Å²) in [5.41, 5.74) is 5.50. The number of nitrogens with two attached hydrogens (primary N) is 1. The van der Waals surface area contributed by atoms with Crippen molar-refractivity contribution in [2.24, 2.45) is 5.92 Å². The van der Waals surface area contributed by atoms with Gasteiger partial charge in [0.15, 0.2) is 0 Å². The maximum atomic E-state index is 5.52. The van der Waals surface area contributed by atoms with Gasteiger partial charge < -0.3 is 10.5 Å². The Morgan fingerprint density at radius 2 is 2.19 bits per heavy atom. The van der Waals surface area contributed by atoms with E-state index in [4.69, 9.17) is 10.5 Å². The van der Waals surface area contributed by atoms with E-state index >= 15 is 0 Å². The molecular weight excluding hydrogens is 220 g/mol. The summed E-state index contributed by atoms with van der Waals surface area (Å²) in [7, 11) is 0. The van der Waals surface area contributed by atoms with Gasteiger partial charge in [-0.2, -0.15) is 0 Å². The topological polar surface area (TPSA) is 48.1 Å². The van der Waals surface area contributed by atoms with Crippen LogP contribution < -0.4 is 5.73 Å². The first-order chi connectivity index (χ1) is 7.68. The van der Waals surface area contributed by atoms with Gasteiger partial charge in [0.25, 0.3) is 0 Å². The van der Waals surface area contributed by atoms with E-state index in [0.29, 0.717) is 11.7 Å².